The Labute approximate surface area is 340 Å². The van der Waals surface area contributed by atoms with Crippen LogP contribution in [0.3, 0.4) is 0 Å². The first-order valence-electron chi connectivity index (χ1n) is 20.9. The lowest BCUT2D eigenvalue weighted by molar-refractivity contribution is -0.139. The van der Waals surface area contributed by atoms with Crippen LogP contribution >= 0.6 is 0 Å². The summed E-state index contributed by atoms with van der Waals surface area (Å²) in [7, 11) is 0. The second-order valence-corrected chi connectivity index (χ2v) is 16.1. The molecule has 0 heterocycles. The van der Waals surface area contributed by atoms with Gasteiger partial charge in [-0.25, -0.2) is 0 Å². The molecule has 2 unspecified atom stereocenters. The number of unbranched alkanes of at least 4 members (excludes halogenated alkanes) is 3. The smallest absolute Gasteiger partial charge is 0.224 e. The molecular formula is C46H68N4O7. The van der Waals surface area contributed by atoms with Crippen molar-refractivity contribution in [2.24, 2.45) is 35.1 Å². The summed E-state index contributed by atoms with van der Waals surface area (Å²) in [6, 6.07) is 14.1. The van der Waals surface area contributed by atoms with Crippen LogP contribution in [0.15, 0.2) is 48.5 Å². The number of benzene rings is 2. The minimum absolute atomic E-state index is 0.0354. The summed E-state index contributed by atoms with van der Waals surface area (Å²) >= 11 is 0. The fraction of sp³-hybridized carbons (Fsp3) is 0.587. The van der Waals surface area contributed by atoms with Gasteiger partial charge >= 0.3 is 0 Å². The average Bonchev–Trinajstić information content (AvgIpc) is 3.18. The van der Waals surface area contributed by atoms with Crippen molar-refractivity contribution in [1.82, 2.24) is 10.6 Å². The minimum atomic E-state index is -0.898. The number of nitrogens with one attached hydrogen (secondary N) is 2. The van der Waals surface area contributed by atoms with Crippen molar-refractivity contribution in [3.05, 3.63) is 59.7 Å². The zero-order valence-electron chi connectivity index (χ0n) is 35.2. The Morgan fingerprint density at radius 3 is 1.68 bits per heavy atom. The van der Waals surface area contributed by atoms with Crippen molar-refractivity contribution in [2.75, 3.05) is 13.1 Å². The van der Waals surface area contributed by atoms with E-state index in [1.165, 1.54) is 12.5 Å². The molecule has 0 aliphatic carbocycles. The van der Waals surface area contributed by atoms with Crippen LogP contribution in [0.4, 0.5) is 0 Å². The van der Waals surface area contributed by atoms with Gasteiger partial charge in [-0.05, 0) is 87.1 Å². The van der Waals surface area contributed by atoms with Gasteiger partial charge in [-0.1, -0.05) is 96.0 Å². The number of Topliss-reactive ketones (excluding diaryl/α,β-unsaturated/α-hetero) is 5. The maximum absolute atomic E-state index is 13.9. The summed E-state index contributed by atoms with van der Waals surface area (Å²) < 4.78 is 0. The highest BCUT2D eigenvalue weighted by Gasteiger charge is 2.32. The summed E-state index contributed by atoms with van der Waals surface area (Å²) in [4.78, 5) is 91.5. The number of carbonyl (C=O) groups excluding carboxylic acids is 7. The minimum Gasteiger partial charge on any atom is -0.346 e. The first-order chi connectivity index (χ1) is 27.1. The lowest BCUT2D eigenvalue weighted by Crippen LogP contribution is -2.47. The predicted molar refractivity (Wildman–Crippen MR) is 225 cm³/mol. The van der Waals surface area contributed by atoms with E-state index in [1.54, 1.807) is 19.1 Å². The largest absolute Gasteiger partial charge is 0.346 e. The fourth-order valence-electron chi connectivity index (χ4n) is 6.87. The molecule has 0 saturated heterocycles. The molecule has 0 radical (unpaired) electrons. The summed E-state index contributed by atoms with van der Waals surface area (Å²) in [5, 5.41) is 5.70. The van der Waals surface area contributed by atoms with Gasteiger partial charge in [0.2, 0.25) is 17.6 Å². The lowest BCUT2D eigenvalue weighted by atomic mass is 9.90. The molecule has 314 valence electrons. The number of aryl methyl sites for hydroxylation is 1. The molecule has 11 nitrogen and oxygen atoms in total. The van der Waals surface area contributed by atoms with Crippen LogP contribution in [0.1, 0.15) is 135 Å². The average molecular weight is 789 g/mol. The van der Waals surface area contributed by atoms with Gasteiger partial charge in [-0.3, -0.25) is 33.6 Å². The van der Waals surface area contributed by atoms with Crippen LogP contribution in [0, 0.1) is 23.7 Å². The van der Waals surface area contributed by atoms with Crippen molar-refractivity contribution in [3.63, 3.8) is 0 Å². The van der Waals surface area contributed by atoms with E-state index in [4.69, 9.17) is 11.5 Å². The Balaban J connectivity index is 2.17. The zero-order chi connectivity index (χ0) is 42.5. The van der Waals surface area contributed by atoms with E-state index >= 15 is 0 Å². The highest BCUT2D eigenvalue weighted by Crippen LogP contribution is 2.24. The van der Waals surface area contributed by atoms with Gasteiger partial charge in [0.05, 0.1) is 12.1 Å². The number of hydrogen-bond donors (Lipinski definition) is 4. The third kappa shape index (κ3) is 17.4. The molecule has 2 aromatic carbocycles. The Kier molecular flexibility index (Phi) is 22.1. The third-order valence-corrected chi connectivity index (χ3v) is 10.4. The van der Waals surface area contributed by atoms with E-state index in [2.05, 4.69) is 41.8 Å². The van der Waals surface area contributed by atoms with E-state index in [1.807, 2.05) is 26.0 Å². The number of rotatable bonds is 29. The molecule has 6 N–H and O–H groups in total. The molecule has 0 bridgehead atoms. The molecule has 0 aromatic heterocycles. The Hall–Kier alpha value is -4.35. The van der Waals surface area contributed by atoms with Crippen LogP contribution in [0.2, 0.25) is 0 Å². The molecule has 0 aliphatic heterocycles. The zero-order valence-corrected chi connectivity index (χ0v) is 35.2. The molecule has 2 aromatic rings. The van der Waals surface area contributed by atoms with Gasteiger partial charge in [0, 0.05) is 49.5 Å². The van der Waals surface area contributed by atoms with Crippen molar-refractivity contribution >= 4 is 40.7 Å². The van der Waals surface area contributed by atoms with E-state index in [9.17, 15) is 33.6 Å². The van der Waals surface area contributed by atoms with Gasteiger partial charge < -0.3 is 22.1 Å². The standard InChI is InChI=1S/C46H68N4O7/c1-7-8-13-34-16-18-35(19-17-34)36-20-22-37(23-21-36)41(52)29-38(14-9-11-24-47)46(57)49-39(15-10-12-25-48)42(53)28-32(5)45(56)50-40(26-30(2)3)43(54)27-31(4)44(55)33(6)51/h16-23,30-32,38-40H,7-15,24-29,47-48H2,1-6H3,(H,49,57)(H,50,56)/t31-,32-,38-,39?,40?/m1/s1. The predicted octanol–water partition coefficient (Wildman–Crippen LogP) is 6.51. The fourth-order valence-corrected chi connectivity index (χ4v) is 6.87. The SMILES string of the molecule is CCCCc1ccc(-c2ccc(C(=O)C[C@@H](CCCCN)C(=O)NC(CCCCN)C(=O)C[C@@H](C)C(=O)NC(CC(C)C)C(=O)C[C@@H](C)C(=O)C(C)=O)cc2)cc1. The van der Waals surface area contributed by atoms with Gasteiger partial charge in [0.15, 0.2) is 23.1 Å². The van der Waals surface area contributed by atoms with E-state index in [0.717, 1.165) is 37.3 Å². The highest BCUT2D eigenvalue weighted by molar-refractivity contribution is 6.37. The van der Waals surface area contributed by atoms with Crippen molar-refractivity contribution in [2.45, 2.75) is 137 Å². The summed E-state index contributed by atoms with van der Waals surface area (Å²) in [5.41, 5.74) is 15.3. The Morgan fingerprint density at radius 2 is 1.14 bits per heavy atom. The van der Waals surface area contributed by atoms with Gasteiger partial charge in [-0.15, -0.1) is 0 Å². The second kappa shape index (κ2) is 25.8. The Bertz CT molecular complexity index is 1620. The van der Waals surface area contributed by atoms with Gasteiger partial charge in [0.1, 0.15) is 0 Å². The maximum atomic E-state index is 13.9. The van der Waals surface area contributed by atoms with Gasteiger partial charge in [0.25, 0.3) is 0 Å². The second-order valence-electron chi connectivity index (χ2n) is 16.1. The van der Waals surface area contributed by atoms with Crippen LogP contribution in [-0.4, -0.2) is 65.9 Å². The normalized spacial score (nSPS) is 13.9. The first-order valence-corrected chi connectivity index (χ1v) is 20.9. The third-order valence-electron chi connectivity index (χ3n) is 10.4. The van der Waals surface area contributed by atoms with Crippen LogP contribution in [0.5, 0.6) is 0 Å². The Morgan fingerprint density at radius 1 is 0.614 bits per heavy atom. The summed E-state index contributed by atoms with van der Waals surface area (Å²) in [5.74, 6) is -5.32. The molecule has 57 heavy (non-hydrogen) atoms. The van der Waals surface area contributed by atoms with Crippen molar-refractivity contribution < 1.29 is 33.6 Å². The molecule has 2 rings (SSSR count). The molecule has 0 spiro atoms. The van der Waals surface area contributed by atoms with Crippen LogP contribution < -0.4 is 22.1 Å². The van der Waals surface area contributed by atoms with E-state index in [0.29, 0.717) is 63.6 Å². The quantitative estimate of drug-likeness (QED) is 0.0404. The lowest BCUT2D eigenvalue weighted by Gasteiger charge is -2.25. The number of hydrogen-bond acceptors (Lipinski definition) is 9. The molecular weight excluding hydrogens is 721 g/mol. The van der Waals surface area contributed by atoms with E-state index < -0.39 is 53.2 Å². The molecule has 0 aliphatic rings. The molecule has 0 fully saturated rings. The number of ketones is 5. The van der Waals surface area contributed by atoms with Crippen molar-refractivity contribution in [3.8, 4) is 11.1 Å². The monoisotopic (exact) mass is 789 g/mol. The molecule has 11 heteroatoms. The number of nitrogens with two attached hydrogens (primary N) is 2. The summed E-state index contributed by atoms with van der Waals surface area (Å²) in [6.45, 7) is 11.1. The molecule has 2 amide bonds. The number of amides is 2. The van der Waals surface area contributed by atoms with Crippen LogP contribution in [0.25, 0.3) is 11.1 Å². The molecule has 0 saturated carbocycles. The topological polar surface area (TPSA) is 196 Å². The highest BCUT2D eigenvalue weighted by atomic mass is 16.2. The van der Waals surface area contributed by atoms with Crippen molar-refractivity contribution in [1.29, 1.82) is 0 Å². The molecule has 5 atom stereocenters. The van der Waals surface area contributed by atoms with E-state index in [-0.39, 0.29) is 42.5 Å². The van der Waals surface area contributed by atoms with Crippen LogP contribution in [-0.2, 0) is 35.2 Å². The van der Waals surface area contributed by atoms with Gasteiger partial charge in [-0.2, -0.15) is 0 Å². The summed E-state index contributed by atoms with van der Waals surface area (Å²) in [6.07, 6.45) is 6.50. The maximum Gasteiger partial charge on any atom is 0.224 e. The number of carbonyl (C=O) groups is 7. The first kappa shape index (κ1) is 48.8.